The van der Waals surface area contributed by atoms with Gasteiger partial charge in [-0.15, -0.1) is 0 Å². The number of unbranched alkanes of at least 4 members (excludes halogenated alkanes) is 1. The number of aliphatic hydroxyl groups is 1. The smallest absolute Gasteiger partial charge is 0.0673 e. The van der Waals surface area contributed by atoms with Gasteiger partial charge in [0.2, 0.25) is 0 Å². The fraction of sp³-hybridized carbons (Fsp3) is 0.857. The Kier molecular flexibility index (Phi) is 3.99. The van der Waals surface area contributed by atoms with Crippen LogP contribution in [0.25, 0.3) is 0 Å². The molecule has 1 aliphatic carbocycles. The van der Waals surface area contributed by atoms with Crippen molar-refractivity contribution in [3.63, 3.8) is 0 Å². The quantitative estimate of drug-likeness (QED) is 0.697. The Bertz CT molecular complexity index is 225. The third kappa shape index (κ3) is 2.63. The first kappa shape index (κ1) is 12.8. The molecule has 1 heteroatoms. The third-order valence-corrected chi connectivity index (χ3v) is 4.43. The van der Waals surface area contributed by atoms with Gasteiger partial charge in [-0.1, -0.05) is 39.3 Å². The average molecular weight is 210 g/mol. The van der Waals surface area contributed by atoms with E-state index in [0.717, 1.165) is 19.3 Å². The van der Waals surface area contributed by atoms with Crippen LogP contribution in [0, 0.1) is 11.3 Å². The van der Waals surface area contributed by atoms with E-state index in [1.807, 2.05) is 6.92 Å². The summed E-state index contributed by atoms with van der Waals surface area (Å²) in [6.07, 6.45) is 10.2. The summed E-state index contributed by atoms with van der Waals surface area (Å²) in [5, 5.41) is 10.3. The SMILES string of the molecule is CCCC=CC[C@@H]1CC[C@@](C)(O)C1(C)C. The van der Waals surface area contributed by atoms with Crippen molar-refractivity contribution < 1.29 is 5.11 Å². The summed E-state index contributed by atoms with van der Waals surface area (Å²) < 4.78 is 0. The van der Waals surface area contributed by atoms with Gasteiger partial charge in [0, 0.05) is 0 Å². The predicted octanol–water partition coefficient (Wildman–Crippen LogP) is 3.92. The van der Waals surface area contributed by atoms with E-state index in [1.165, 1.54) is 12.8 Å². The van der Waals surface area contributed by atoms with Gasteiger partial charge in [-0.3, -0.25) is 0 Å². The molecule has 0 heterocycles. The molecule has 0 aromatic carbocycles. The lowest BCUT2D eigenvalue weighted by atomic mass is 9.72. The molecule has 15 heavy (non-hydrogen) atoms. The third-order valence-electron chi connectivity index (χ3n) is 4.43. The van der Waals surface area contributed by atoms with Gasteiger partial charge in [-0.25, -0.2) is 0 Å². The normalized spacial score (nSPS) is 35.1. The Balaban J connectivity index is 2.51. The lowest BCUT2D eigenvalue weighted by molar-refractivity contribution is -0.0418. The second kappa shape index (κ2) is 4.69. The highest BCUT2D eigenvalue weighted by atomic mass is 16.3. The minimum Gasteiger partial charge on any atom is -0.390 e. The van der Waals surface area contributed by atoms with Crippen LogP contribution in [-0.2, 0) is 0 Å². The van der Waals surface area contributed by atoms with Gasteiger partial charge in [0.15, 0.2) is 0 Å². The van der Waals surface area contributed by atoms with Gasteiger partial charge in [-0.05, 0) is 43.9 Å². The second-order valence-electron chi connectivity index (χ2n) is 5.73. The van der Waals surface area contributed by atoms with Gasteiger partial charge in [0.1, 0.15) is 0 Å². The molecular formula is C14H26O. The monoisotopic (exact) mass is 210 g/mol. The first-order valence-corrected chi connectivity index (χ1v) is 6.29. The van der Waals surface area contributed by atoms with Crippen LogP contribution in [0.1, 0.15) is 59.8 Å². The summed E-state index contributed by atoms with van der Waals surface area (Å²) in [6.45, 7) is 8.61. The van der Waals surface area contributed by atoms with Crippen molar-refractivity contribution in [3.05, 3.63) is 12.2 Å². The number of allylic oxidation sites excluding steroid dienone is 2. The molecule has 0 aliphatic heterocycles. The molecule has 0 radical (unpaired) electrons. The summed E-state index contributed by atoms with van der Waals surface area (Å²) in [5.74, 6) is 0.639. The number of rotatable bonds is 4. The standard InChI is InChI=1S/C14H26O/c1-5-6-7-8-9-12-10-11-14(4,15)13(12,2)3/h7-8,12,15H,5-6,9-11H2,1-4H3/t12-,14-/m1/s1. The van der Waals surface area contributed by atoms with Gasteiger partial charge < -0.3 is 5.11 Å². The molecule has 1 N–H and O–H groups in total. The van der Waals surface area contributed by atoms with Crippen molar-refractivity contribution in [1.82, 2.24) is 0 Å². The van der Waals surface area contributed by atoms with Gasteiger partial charge in [0.05, 0.1) is 5.60 Å². The van der Waals surface area contributed by atoms with E-state index < -0.39 is 5.60 Å². The lowest BCUT2D eigenvalue weighted by Gasteiger charge is -2.37. The topological polar surface area (TPSA) is 20.2 Å². The van der Waals surface area contributed by atoms with Crippen LogP contribution in [0.3, 0.4) is 0 Å². The molecule has 0 amide bonds. The highest BCUT2D eigenvalue weighted by Gasteiger charge is 2.49. The van der Waals surface area contributed by atoms with Crippen molar-refractivity contribution >= 4 is 0 Å². The van der Waals surface area contributed by atoms with Gasteiger partial charge >= 0.3 is 0 Å². The fourth-order valence-electron chi connectivity index (χ4n) is 2.54. The molecule has 1 rings (SSSR count). The van der Waals surface area contributed by atoms with Crippen molar-refractivity contribution in [2.75, 3.05) is 0 Å². The summed E-state index contributed by atoms with van der Waals surface area (Å²) >= 11 is 0. The van der Waals surface area contributed by atoms with Crippen molar-refractivity contribution in [2.24, 2.45) is 11.3 Å². The molecular weight excluding hydrogens is 184 g/mol. The number of hydrogen-bond donors (Lipinski definition) is 1. The van der Waals surface area contributed by atoms with Gasteiger partial charge in [0.25, 0.3) is 0 Å². The first-order chi connectivity index (χ1) is 6.92. The van der Waals surface area contributed by atoms with Crippen molar-refractivity contribution in [2.45, 2.75) is 65.4 Å². The Morgan fingerprint density at radius 1 is 1.27 bits per heavy atom. The minimum atomic E-state index is -0.476. The first-order valence-electron chi connectivity index (χ1n) is 6.29. The van der Waals surface area contributed by atoms with Crippen molar-refractivity contribution in [3.8, 4) is 0 Å². The maximum absolute atomic E-state index is 10.3. The molecule has 0 aromatic heterocycles. The van der Waals surface area contributed by atoms with E-state index in [-0.39, 0.29) is 5.41 Å². The molecule has 1 nitrogen and oxygen atoms in total. The summed E-state index contributed by atoms with van der Waals surface area (Å²) in [7, 11) is 0. The fourth-order valence-corrected chi connectivity index (χ4v) is 2.54. The van der Waals surface area contributed by atoms with Crippen LogP contribution in [0.15, 0.2) is 12.2 Å². The summed E-state index contributed by atoms with van der Waals surface area (Å²) in [6, 6.07) is 0. The van der Waals surface area contributed by atoms with Crippen LogP contribution in [-0.4, -0.2) is 10.7 Å². The van der Waals surface area contributed by atoms with E-state index in [0.29, 0.717) is 5.92 Å². The van der Waals surface area contributed by atoms with Crippen LogP contribution in [0.5, 0.6) is 0 Å². The maximum Gasteiger partial charge on any atom is 0.0673 e. The van der Waals surface area contributed by atoms with Crippen LogP contribution in [0.4, 0.5) is 0 Å². The molecule has 0 aromatic rings. The highest BCUT2D eigenvalue weighted by molar-refractivity contribution is 5.03. The van der Waals surface area contributed by atoms with Crippen molar-refractivity contribution in [1.29, 1.82) is 0 Å². The van der Waals surface area contributed by atoms with E-state index in [2.05, 4.69) is 32.9 Å². The molecule has 1 fully saturated rings. The summed E-state index contributed by atoms with van der Waals surface area (Å²) in [4.78, 5) is 0. The molecule has 0 spiro atoms. The van der Waals surface area contributed by atoms with E-state index in [9.17, 15) is 5.11 Å². The van der Waals surface area contributed by atoms with Crippen LogP contribution in [0.2, 0.25) is 0 Å². The molecule has 0 bridgehead atoms. The van der Waals surface area contributed by atoms with Crippen LogP contribution < -0.4 is 0 Å². The average Bonchev–Trinajstić information content (AvgIpc) is 2.34. The zero-order valence-corrected chi connectivity index (χ0v) is 10.7. The zero-order chi connectivity index (χ0) is 11.5. The van der Waals surface area contributed by atoms with E-state index in [1.54, 1.807) is 0 Å². The second-order valence-corrected chi connectivity index (χ2v) is 5.73. The van der Waals surface area contributed by atoms with Gasteiger partial charge in [-0.2, -0.15) is 0 Å². The number of hydrogen-bond acceptors (Lipinski definition) is 1. The van der Waals surface area contributed by atoms with Crippen LogP contribution >= 0.6 is 0 Å². The van der Waals surface area contributed by atoms with E-state index in [4.69, 9.17) is 0 Å². The Morgan fingerprint density at radius 3 is 2.40 bits per heavy atom. The Hall–Kier alpha value is -0.300. The highest BCUT2D eigenvalue weighted by Crippen LogP contribution is 2.51. The molecule has 0 unspecified atom stereocenters. The molecule has 1 aliphatic rings. The molecule has 88 valence electrons. The minimum absolute atomic E-state index is 0.0591. The molecule has 1 saturated carbocycles. The largest absolute Gasteiger partial charge is 0.390 e. The summed E-state index contributed by atoms with van der Waals surface area (Å²) in [5.41, 5.74) is -0.417. The van der Waals surface area contributed by atoms with E-state index >= 15 is 0 Å². The Labute approximate surface area is 94.6 Å². The lowest BCUT2D eigenvalue weighted by Crippen LogP contribution is -2.39. The predicted molar refractivity (Wildman–Crippen MR) is 65.8 cm³/mol. The molecule has 2 atom stereocenters. The maximum atomic E-state index is 10.3. The molecule has 0 saturated heterocycles. The Morgan fingerprint density at radius 2 is 1.93 bits per heavy atom. The zero-order valence-electron chi connectivity index (χ0n) is 10.7.